The molecule has 0 unspecified atom stereocenters. The van der Waals surface area contributed by atoms with Gasteiger partial charge in [0.15, 0.2) is 12.4 Å². The van der Waals surface area contributed by atoms with E-state index < -0.39 is 17.1 Å². The Hall–Kier alpha value is -3.49. The Kier molecular flexibility index (Phi) is 4.19. The summed E-state index contributed by atoms with van der Waals surface area (Å²) < 4.78 is 8.26. The maximum absolute atomic E-state index is 12.4. The van der Waals surface area contributed by atoms with Crippen LogP contribution >= 0.6 is 0 Å². The Labute approximate surface area is 153 Å². The second-order valence-electron chi connectivity index (χ2n) is 6.42. The van der Waals surface area contributed by atoms with E-state index in [1.165, 1.54) is 6.07 Å². The Bertz CT molecular complexity index is 1120. The molecule has 1 N–H and O–H groups in total. The van der Waals surface area contributed by atoms with Gasteiger partial charge in [0, 0.05) is 25.1 Å². The quantitative estimate of drug-likeness (QED) is 0.670. The standard InChI is InChI=1S/C18H17N5O4/c1-22-14(19-20-17(22)11-5-6-11)10-27-18(26)12-3-2-4-13(9-12)23-16(25)8-7-15(24)21-23/h2-4,7-9,11H,5-6,10H2,1H3,(H,21,24). The van der Waals surface area contributed by atoms with Crippen LogP contribution in [0.4, 0.5) is 0 Å². The van der Waals surface area contributed by atoms with Gasteiger partial charge in [-0.05, 0) is 31.0 Å². The van der Waals surface area contributed by atoms with Crippen LogP contribution in [0.2, 0.25) is 0 Å². The van der Waals surface area contributed by atoms with Crippen LogP contribution < -0.4 is 11.1 Å². The summed E-state index contributed by atoms with van der Waals surface area (Å²) in [5.41, 5.74) is -0.210. The van der Waals surface area contributed by atoms with Crippen molar-refractivity contribution in [1.29, 1.82) is 0 Å². The molecule has 1 fully saturated rings. The molecule has 138 valence electrons. The van der Waals surface area contributed by atoms with E-state index in [9.17, 15) is 14.4 Å². The van der Waals surface area contributed by atoms with Crippen LogP contribution in [0.15, 0.2) is 46.0 Å². The van der Waals surface area contributed by atoms with Gasteiger partial charge in [-0.15, -0.1) is 10.2 Å². The van der Waals surface area contributed by atoms with Crippen LogP contribution in [-0.2, 0) is 18.4 Å². The maximum Gasteiger partial charge on any atom is 0.338 e. The fourth-order valence-electron chi connectivity index (χ4n) is 2.80. The van der Waals surface area contributed by atoms with Crippen LogP contribution in [0.5, 0.6) is 0 Å². The van der Waals surface area contributed by atoms with E-state index in [1.54, 1.807) is 18.2 Å². The summed E-state index contributed by atoms with van der Waals surface area (Å²) in [5.74, 6) is 1.38. The minimum absolute atomic E-state index is 0.00139. The summed E-state index contributed by atoms with van der Waals surface area (Å²) in [4.78, 5) is 35.8. The van der Waals surface area contributed by atoms with Crippen LogP contribution in [0.3, 0.4) is 0 Å². The van der Waals surface area contributed by atoms with Gasteiger partial charge in [-0.25, -0.2) is 9.48 Å². The van der Waals surface area contributed by atoms with E-state index in [2.05, 4.69) is 15.3 Å². The SMILES string of the molecule is Cn1c(COC(=O)c2cccc(-n3[nH]c(=O)ccc3=O)c2)nnc1C1CC1. The summed E-state index contributed by atoms with van der Waals surface area (Å²) >= 11 is 0. The van der Waals surface area contributed by atoms with Crippen molar-refractivity contribution < 1.29 is 9.53 Å². The number of H-pyrrole nitrogens is 1. The fourth-order valence-corrected chi connectivity index (χ4v) is 2.80. The third kappa shape index (κ3) is 3.43. The number of hydrogen-bond donors (Lipinski definition) is 1. The van der Waals surface area contributed by atoms with Gasteiger partial charge in [0.25, 0.3) is 11.1 Å². The van der Waals surface area contributed by atoms with Gasteiger partial charge in [-0.2, -0.15) is 0 Å². The number of esters is 1. The third-order valence-corrected chi connectivity index (χ3v) is 4.43. The number of rotatable bonds is 5. The van der Waals surface area contributed by atoms with Crippen molar-refractivity contribution in [2.75, 3.05) is 0 Å². The monoisotopic (exact) mass is 367 g/mol. The molecule has 1 saturated carbocycles. The first-order valence-corrected chi connectivity index (χ1v) is 8.51. The molecule has 0 saturated heterocycles. The Morgan fingerprint density at radius 1 is 1.22 bits per heavy atom. The van der Waals surface area contributed by atoms with Crippen LogP contribution in [0.1, 0.15) is 40.8 Å². The molecule has 1 aliphatic rings. The molecule has 9 heteroatoms. The van der Waals surface area contributed by atoms with E-state index in [0.717, 1.165) is 35.5 Å². The van der Waals surface area contributed by atoms with Gasteiger partial charge in [0.05, 0.1) is 11.3 Å². The average Bonchev–Trinajstić information content (AvgIpc) is 3.45. The first-order chi connectivity index (χ1) is 13.0. The summed E-state index contributed by atoms with van der Waals surface area (Å²) in [7, 11) is 1.86. The largest absolute Gasteiger partial charge is 0.454 e. The molecule has 27 heavy (non-hydrogen) atoms. The summed E-state index contributed by atoms with van der Waals surface area (Å²) in [5, 5.41) is 10.6. The lowest BCUT2D eigenvalue weighted by Crippen LogP contribution is -2.26. The highest BCUT2D eigenvalue weighted by molar-refractivity contribution is 5.90. The van der Waals surface area contributed by atoms with E-state index in [4.69, 9.17) is 4.74 Å². The van der Waals surface area contributed by atoms with E-state index in [1.807, 2.05) is 11.6 Å². The molecule has 0 aliphatic heterocycles. The number of benzene rings is 1. The number of carbonyl (C=O) groups excluding carboxylic acids is 1. The van der Waals surface area contributed by atoms with Gasteiger partial charge < -0.3 is 9.30 Å². The smallest absolute Gasteiger partial charge is 0.338 e. The van der Waals surface area contributed by atoms with Crippen molar-refractivity contribution in [2.45, 2.75) is 25.4 Å². The minimum atomic E-state index is -0.556. The zero-order valence-corrected chi connectivity index (χ0v) is 14.6. The van der Waals surface area contributed by atoms with Crippen LogP contribution in [0, 0.1) is 0 Å². The second-order valence-corrected chi connectivity index (χ2v) is 6.42. The van der Waals surface area contributed by atoms with Gasteiger partial charge in [-0.1, -0.05) is 6.07 Å². The number of ether oxygens (including phenoxy) is 1. The maximum atomic E-state index is 12.4. The van der Waals surface area contributed by atoms with Gasteiger partial charge >= 0.3 is 5.97 Å². The lowest BCUT2D eigenvalue weighted by Gasteiger charge is -2.08. The van der Waals surface area contributed by atoms with Crippen molar-refractivity contribution in [2.24, 2.45) is 7.05 Å². The predicted molar refractivity (Wildman–Crippen MR) is 94.8 cm³/mol. The predicted octanol–water partition coefficient (Wildman–Crippen LogP) is 0.889. The highest BCUT2D eigenvalue weighted by atomic mass is 16.5. The Morgan fingerprint density at radius 2 is 2.04 bits per heavy atom. The molecule has 9 nitrogen and oxygen atoms in total. The van der Waals surface area contributed by atoms with E-state index in [-0.39, 0.29) is 12.2 Å². The average molecular weight is 367 g/mol. The van der Waals surface area contributed by atoms with Crippen molar-refractivity contribution in [1.82, 2.24) is 24.5 Å². The van der Waals surface area contributed by atoms with Crippen molar-refractivity contribution in [3.05, 3.63) is 74.3 Å². The number of hydrogen-bond acceptors (Lipinski definition) is 6. The number of aromatic amines is 1. The third-order valence-electron chi connectivity index (χ3n) is 4.43. The molecule has 0 bridgehead atoms. The lowest BCUT2D eigenvalue weighted by atomic mass is 10.2. The zero-order valence-electron chi connectivity index (χ0n) is 14.6. The highest BCUT2D eigenvalue weighted by Crippen LogP contribution is 2.38. The molecule has 0 spiro atoms. The fraction of sp³-hybridized carbons (Fsp3) is 0.278. The Morgan fingerprint density at radius 3 is 2.81 bits per heavy atom. The van der Waals surface area contributed by atoms with Gasteiger partial charge in [-0.3, -0.25) is 14.7 Å². The molecular weight excluding hydrogens is 350 g/mol. The molecule has 0 amide bonds. The zero-order chi connectivity index (χ0) is 19.0. The second kappa shape index (κ2) is 6.67. The molecule has 1 aliphatic carbocycles. The summed E-state index contributed by atoms with van der Waals surface area (Å²) in [6, 6.07) is 8.58. The highest BCUT2D eigenvalue weighted by Gasteiger charge is 2.29. The minimum Gasteiger partial charge on any atom is -0.454 e. The number of nitrogens with one attached hydrogen (secondary N) is 1. The molecule has 2 heterocycles. The first kappa shape index (κ1) is 17.0. The van der Waals surface area contributed by atoms with Gasteiger partial charge in [0.1, 0.15) is 5.82 Å². The molecule has 0 radical (unpaired) electrons. The lowest BCUT2D eigenvalue weighted by molar-refractivity contribution is 0.0458. The van der Waals surface area contributed by atoms with Crippen LogP contribution in [-0.4, -0.2) is 30.5 Å². The number of carbonyl (C=O) groups is 1. The molecule has 1 aromatic carbocycles. The van der Waals surface area contributed by atoms with E-state index >= 15 is 0 Å². The summed E-state index contributed by atoms with van der Waals surface area (Å²) in [6.45, 7) is 0.00139. The molecule has 2 aromatic heterocycles. The van der Waals surface area contributed by atoms with Crippen molar-refractivity contribution in [3.8, 4) is 5.69 Å². The van der Waals surface area contributed by atoms with Crippen molar-refractivity contribution in [3.63, 3.8) is 0 Å². The topological polar surface area (TPSA) is 112 Å². The van der Waals surface area contributed by atoms with Crippen LogP contribution in [0.25, 0.3) is 5.69 Å². The van der Waals surface area contributed by atoms with Crippen molar-refractivity contribution >= 4 is 5.97 Å². The normalized spacial score (nSPS) is 13.5. The van der Waals surface area contributed by atoms with E-state index in [0.29, 0.717) is 17.4 Å². The number of nitrogens with zero attached hydrogens (tertiary/aromatic N) is 4. The molecule has 3 aromatic rings. The van der Waals surface area contributed by atoms with Gasteiger partial charge in [0.2, 0.25) is 0 Å². The molecule has 4 rings (SSSR count). The number of aromatic nitrogens is 5. The summed E-state index contributed by atoms with van der Waals surface area (Å²) in [6.07, 6.45) is 2.22. The molecule has 0 atom stereocenters. The molecular formula is C18H17N5O4. The Balaban J connectivity index is 1.52. The first-order valence-electron chi connectivity index (χ1n) is 8.51.